The largest absolute Gasteiger partial charge is 0.497 e. The zero-order chi connectivity index (χ0) is 22.4. The van der Waals surface area contributed by atoms with Gasteiger partial charge in [-0.1, -0.05) is 6.07 Å². The summed E-state index contributed by atoms with van der Waals surface area (Å²) in [5, 5.41) is 6.26. The average molecular weight is 449 g/mol. The number of ether oxygens (including phenoxy) is 1. The zero-order valence-corrected chi connectivity index (χ0v) is 17.9. The van der Waals surface area contributed by atoms with Crippen LogP contribution in [0, 0.1) is 0 Å². The van der Waals surface area contributed by atoms with E-state index in [9.17, 15) is 8.42 Å². The molecule has 0 amide bonds. The average Bonchev–Trinajstić information content (AvgIpc) is 2.81. The van der Waals surface area contributed by atoms with Crippen LogP contribution in [0.5, 0.6) is 5.75 Å². The number of hydrogen-bond donors (Lipinski definition) is 3. The summed E-state index contributed by atoms with van der Waals surface area (Å²) >= 11 is 0. The van der Waals surface area contributed by atoms with Crippen LogP contribution in [0.15, 0.2) is 90.2 Å². The third kappa shape index (κ3) is 5.29. The van der Waals surface area contributed by atoms with Crippen LogP contribution in [0.3, 0.4) is 0 Å². The number of aromatic nitrogens is 3. The third-order valence-electron chi connectivity index (χ3n) is 4.37. The number of benzene rings is 2. The molecule has 32 heavy (non-hydrogen) atoms. The van der Waals surface area contributed by atoms with Gasteiger partial charge in [0.1, 0.15) is 29.5 Å². The van der Waals surface area contributed by atoms with Crippen LogP contribution in [0.25, 0.3) is 0 Å². The topological polar surface area (TPSA) is 118 Å². The first-order valence-electron chi connectivity index (χ1n) is 9.56. The van der Waals surface area contributed by atoms with Gasteiger partial charge < -0.3 is 15.4 Å². The maximum absolute atomic E-state index is 12.6. The van der Waals surface area contributed by atoms with Crippen molar-refractivity contribution in [2.45, 2.75) is 4.90 Å². The molecule has 0 unspecified atom stereocenters. The monoisotopic (exact) mass is 448 g/mol. The van der Waals surface area contributed by atoms with E-state index in [2.05, 4.69) is 30.3 Å². The number of anilines is 5. The summed E-state index contributed by atoms with van der Waals surface area (Å²) in [6.07, 6.45) is 3.12. The van der Waals surface area contributed by atoms with E-state index >= 15 is 0 Å². The highest BCUT2D eigenvalue weighted by molar-refractivity contribution is 7.92. The van der Waals surface area contributed by atoms with Crippen molar-refractivity contribution >= 4 is 38.9 Å². The van der Waals surface area contributed by atoms with E-state index in [1.54, 1.807) is 48.7 Å². The lowest BCUT2D eigenvalue weighted by molar-refractivity contribution is 0.414. The van der Waals surface area contributed by atoms with Crippen LogP contribution in [-0.4, -0.2) is 30.5 Å². The zero-order valence-electron chi connectivity index (χ0n) is 17.1. The lowest BCUT2D eigenvalue weighted by atomic mass is 10.3. The van der Waals surface area contributed by atoms with Gasteiger partial charge in [0.05, 0.1) is 12.0 Å². The van der Waals surface area contributed by atoms with E-state index in [1.807, 2.05) is 18.2 Å². The van der Waals surface area contributed by atoms with E-state index in [0.29, 0.717) is 28.9 Å². The molecule has 0 saturated heterocycles. The third-order valence-corrected chi connectivity index (χ3v) is 5.76. The predicted molar refractivity (Wildman–Crippen MR) is 123 cm³/mol. The van der Waals surface area contributed by atoms with Crippen molar-refractivity contribution in [3.63, 3.8) is 0 Å². The van der Waals surface area contributed by atoms with Gasteiger partial charge in [-0.25, -0.2) is 23.4 Å². The predicted octanol–water partition coefficient (Wildman–Crippen LogP) is 4.17. The molecular weight excluding hydrogens is 428 g/mol. The minimum absolute atomic E-state index is 0.148. The molecule has 0 saturated carbocycles. The molecule has 0 spiro atoms. The van der Waals surface area contributed by atoms with E-state index < -0.39 is 10.0 Å². The minimum Gasteiger partial charge on any atom is -0.497 e. The summed E-state index contributed by atoms with van der Waals surface area (Å²) in [5.41, 5.74) is 1.17. The Balaban J connectivity index is 1.42. The SMILES string of the molecule is COc1ccc(S(=O)(=O)Nc2ccc(Nc3cc(Nc4ccccn4)ncn3)cc2)cc1. The van der Waals surface area contributed by atoms with Crippen molar-refractivity contribution in [2.24, 2.45) is 0 Å². The molecule has 9 nitrogen and oxygen atoms in total. The Labute approximate surface area is 185 Å². The van der Waals surface area contributed by atoms with E-state index in [-0.39, 0.29) is 4.90 Å². The number of hydrogen-bond acceptors (Lipinski definition) is 8. The second-order valence-corrected chi connectivity index (χ2v) is 8.29. The molecule has 4 rings (SSSR count). The molecule has 4 aromatic rings. The Kier molecular flexibility index (Phi) is 6.13. The lowest BCUT2D eigenvalue weighted by Crippen LogP contribution is -2.12. The van der Waals surface area contributed by atoms with Gasteiger partial charge in [0.2, 0.25) is 0 Å². The summed E-state index contributed by atoms with van der Waals surface area (Å²) in [5.74, 6) is 2.42. The highest BCUT2D eigenvalue weighted by Crippen LogP contribution is 2.22. The molecule has 3 N–H and O–H groups in total. The lowest BCUT2D eigenvalue weighted by Gasteiger charge is -2.11. The molecule has 2 aromatic heterocycles. The molecule has 0 bridgehead atoms. The normalized spacial score (nSPS) is 10.9. The van der Waals surface area contributed by atoms with E-state index in [0.717, 1.165) is 5.69 Å². The quantitative estimate of drug-likeness (QED) is 0.368. The van der Waals surface area contributed by atoms with Crippen molar-refractivity contribution < 1.29 is 13.2 Å². The van der Waals surface area contributed by atoms with E-state index in [4.69, 9.17) is 4.74 Å². The molecule has 0 atom stereocenters. The van der Waals surface area contributed by atoms with Gasteiger partial charge in [-0.2, -0.15) is 0 Å². The molecule has 0 aliphatic rings. The summed E-state index contributed by atoms with van der Waals surface area (Å²) in [4.78, 5) is 12.7. The highest BCUT2D eigenvalue weighted by Gasteiger charge is 2.14. The maximum Gasteiger partial charge on any atom is 0.261 e. The van der Waals surface area contributed by atoms with E-state index in [1.165, 1.54) is 25.6 Å². The van der Waals surface area contributed by atoms with Crippen molar-refractivity contribution in [3.8, 4) is 5.75 Å². The molecule has 0 radical (unpaired) electrons. The molecule has 2 aromatic carbocycles. The van der Waals surface area contributed by atoms with Gasteiger partial charge in [-0.3, -0.25) is 4.72 Å². The fraction of sp³-hybridized carbons (Fsp3) is 0.0455. The summed E-state index contributed by atoms with van der Waals surface area (Å²) < 4.78 is 32.8. The fourth-order valence-electron chi connectivity index (χ4n) is 2.80. The maximum atomic E-state index is 12.6. The summed E-state index contributed by atoms with van der Waals surface area (Å²) in [6.45, 7) is 0. The first-order chi connectivity index (χ1) is 15.5. The Bertz CT molecular complexity index is 1280. The second kappa shape index (κ2) is 9.31. The molecule has 162 valence electrons. The van der Waals surface area contributed by atoms with Crippen LogP contribution >= 0.6 is 0 Å². The number of pyridine rings is 1. The van der Waals surface area contributed by atoms with Gasteiger partial charge in [0.25, 0.3) is 10.0 Å². The first kappa shape index (κ1) is 21.1. The molecule has 2 heterocycles. The van der Waals surface area contributed by atoms with Crippen LogP contribution < -0.4 is 20.1 Å². The Morgan fingerprint density at radius 1 is 0.750 bits per heavy atom. The molecular formula is C22H20N6O3S. The van der Waals surface area contributed by atoms with Crippen LogP contribution in [0.2, 0.25) is 0 Å². The van der Waals surface area contributed by atoms with Gasteiger partial charge in [-0.15, -0.1) is 0 Å². The molecule has 0 aliphatic heterocycles. The van der Waals surface area contributed by atoms with Crippen molar-refractivity contribution in [2.75, 3.05) is 22.5 Å². The van der Waals surface area contributed by atoms with Crippen LogP contribution in [0.4, 0.5) is 28.8 Å². The van der Waals surface area contributed by atoms with Crippen LogP contribution in [0.1, 0.15) is 0 Å². The van der Waals surface area contributed by atoms with Gasteiger partial charge >= 0.3 is 0 Å². The van der Waals surface area contributed by atoms with Gasteiger partial charge in [0.15, 0.2) is 0 Å². The van der Waals surface area contributed by atoms with Crippen LogP contribution in [-0.2, 0) is 10.0 Å². The smallest absolute Gasteiger partial charge is 0.261 e. The number of nitrogens with one attached hydrogen (secondary N) is 3. The Hall–Kier alpha value is -4.18. The highest BCUT2D eigenvalue weighted by atomic mass is 32.2. The van der Waals surface area contributed by atoms with Crippen molar-refractivity contribution in [3.05, 3.63) is 85.3 Å². The standard InChI is InChI=1S/C22H20N6O3S/c1-31-18-9-11-19(12-10-18)32(29,30)28-17-7-5-16(6-8-17)26-21-14-22(25-15-24-21)27-20-4-2-3-13-23-20/h2-15,28H,1H3,(H2,23,24,25,26,27). The molecule has 0 aliphatic carbocycles. The number of sulfonamides is 1. The number of nitrogens with zero attached hydrogens (tertiary/aromatic N) is 3. The number of rotatable bonds is 8. The first-order valence-corrected chi connectivity index (χ1v) is 11.0. The summed E-state index contributed by atoms with van der Waals surface area (Å²) in [6, 6.07) is 20.3. The second-order valence-electron chi connectivity index (χ2n) is 6.61. The van der Waals surface area contributed by atoms with Gasteiger partial charge in [0, 0.05) is 23.6 Å². The minimum atomic E-state index is -3.71. The Morgan fingerprint density at radius 2 is 1.44 bits per heavy atom. The molecule has 0 fully saturated rings. The number of methoxy groups -OCH3 is 1. The summed E-state index contributed by atoms with van der Waals surface area (Å²) in [7, 11) is -2.18. The Morgan fingerprint density at radius 3 is 2.09 bits per heavy atom. The van der Waals surface area contributed by atoms with Crippen molar-refractivity contribution in [1.29, 1.82) is 0 Å². The van der Waals surface area contributed by atoms with Gasteiger partial charge in [-0.05, 0) is 60.7 Å². The fourth-order valence-corrected chi connectivity index (χ4v) is 3.86. The molecule has 10 heteroatoms. The van der Waals surface area contributed by atoms with Crippen molar-refractivity contribution in [1.82, 2.24) is 15.0 Å².